The van der Waals surface area contributed by atoms with Crippen LogP contribution in [0.25, 0.3) is 10.2 Å². The SMILES string of the molecule is CC1(Nc2nc3cccc(Cl)c3s2)CCC1. The lowest BCUT2D eigenvalue weighted by Crippen LogP contribution is -2.41. The van der Waals surface area contributed by atoms with Crippen LogP contribution < -0.4 is 5.32 Å². The Balaban J connectivity index is 1.96. The van der Waals surface area contributed by atoms with Crippen LogP contribution in [0, 0.1) is 0 Å². The van der Waals surface area contributed by atoms with Crippen molar-refractivity contribution < 1.29 is 0 Å². The third-order valence-electron chi connectivity index (χ3n) is 3.23. The average Bonchev–Trinajstić information content (AvgIpc) is 2.59. The molecule has 1 fully saturated rings. The summed E-state index contributed by atoms with van der Waals surface area (Å²) in [6.45, 7) is 2.25. The van der Waals surface area contributed by atoms with Crippen LogP contribution in [0.3, 0.4) is 0 Å². The predicted molar refractivity (Wildman–Crippen MR) is 70.5 cm³/mol. The van der Waals surface area contributed by atoms with E-state index in [-0.39, 0.29) is 5.54 Å². The Morgan fingerprint density at radius 1 is 1.44 bits per heavy atom. The van der Waals surface area contributed by atoms with Gasteiger partial charge in [-0.2, -0.15) is 0 Å². The summed E-state index contributed by atoms with van der Waals surface area (Å²) in [6, 6.07) is 5.86. The first-order valence-corrected chi connectivity index (χ1v) is 6.69. The number of hydrogen-bond acceptors (Lipinski definition) is 3. The first kappa shape index (κ1) is 10.4. The monoisotopic (exact) mass is 252 g/mol. The number of hydrogen-bond donors (Lipinski definition) is 1. The van der Waals surface area contributed by atoms with Crippen molar-refractivity contribution in [2.75, 3.05) is 5.32 Å². The number of nitrogens with one attached hydrogen (secondary N) is 1. The second kappa shape index (κ2) is 3.60. The molecule has 0 aliphatic heterocycles. The fourth-order valence-corrected chi connectivity index (χ4v) is 3.36. The van der Waals surface area contributed by atoms with Crippen molar-refractivity contribution >= 4 is 38.3 Å². The zero-order chi connectivity index (χ0) is 11.2. The molecule has 1 aliphatic carbocycles. The molecule has 1 aromatic heterocycles. The summed E-state index contributed by atoms with van der Waals surface area (Å²) in [4.78, 5) is 4.56. The van der Waals surface area contributed by atoms with Crippen LogP contribution in [0.5, 0.6) is 0 Å². The molecule has 2 aromatic rings. The van der Waals surface area contributed by atoms with Crippen molar-refractivity contribution in [2.45, 2.75) is 31.7 Å². The second-order valence-corrected chi connectivity index (χ2v) is 6.05. The molecule has 1 aliphatic rings. The van der Waals surface area contributed by atoms with Gasteiger partial charge in [0, 0.05) is 5.54 Å². The summed E-state index contributed by atoms with van der Waals surface area (Å²) in [5.41, 5.74) is 1.24. The minimum Gasteiger partial charge on any atom is -0.356 e. The summed E-state index contributed by atoms with van der Waals surface area (Å²) in [6.07, 6.45) is 3.78. The quantitative estimate of drug-likeness (QED) is 0.862. The lowest BCUT2D eigenvalue weighted by atomic mass is 9.79. The zero-order valence-corrected chi connectivity index (χ0v) is 10.7. The zero-order valence-electron chi connectivity index (χ0n) is 9.09. The van der Waals surface area contributed by atoms with Crippen molar-refractivity contribution in [3.63, 3.8) is 0 Å². The summed E-state index contributed by atoms with van der Waals surface area (Å²) < 4.78 is 1.08. The Morgan fingerprint density at radius 3 is 2.88 bits per heavy atom. The van der Waals surface area contributed by atoms with Gasteiger partial charge in [0.05, 0.1) is 15.2 Å². The van der Waals surface area contributed by atoms with Gasteiger partial charge in [0.15, 0.2) is 5.13 Å². The van der Waals surface area contributed by atoms with E-state index >= 15 is 0 Å². The molecule has 0 amide bonds. The lowest BCUT2D eigenvalue weighted by molar-refractivity contribution is 0.306. The Kier molecular flexibility index (Phi) is 2.33. The molecule has 1 heterocycles. The van der Waals surface area contributed by atoms with E-state index < -0.39 is 0 Å². The first-order chi connectivity index (χ1) is 7.66. The highest BCUT2D eigenvalue weighted by atomic mass is 35.5. The lowest BCUT2D eigenvalue weighted by Gasteiger charge is -2.39. The van der Waals surface area contributed by atoms with Gasteiger partial charge in [-0.25, -0.2) is 4.98 Å². The smallest absolute Gasteiger partial charge is 0.184 e. The molecule has 3 rings (SSSR count). The molecule has 4 heteroatoms. The van der Waals surface area contributed by atoms with Crippen LogP contribution in [-0.4, -0.2) is 10.5 Å². The fraction of sp³-hybridized carbons (Fsp3) is 0.417. The average molecular weight is 253 g/mol. The standard InChI is InChI=1S/C12H13ClN2S/c1-12(6-3-7-12)15-11-14-9-5-2-4-8(13)10(9)16-11/h2,4-5H,3,6-7H2,1H3,(H,14,15). The van der Waals surface area contributed by atoms with Crippen LogP contribution in [0.15, 0.2) is 18.2 Å². The molecule has 0 unspecified atom stereocenters. The number of benzene rings is 1. The van der Waals surface area contributed by atoms with E-state index in [1.165, 1.54) is 19.3 Å². The number of fused-ring (bicyclic) bond motifs is 1. The summed E-state index contributed by atoms with van der Waals surface area (Å²) in [7, 11) is 0. The van der Waals surface area contributed by atoms with Crippen molar-refractivity contribution in [3.8, 4) is 0 Å². The number of anilines is 1. The fourth-order valence-electron chi connectivity index (χ4n) is 2.06. The molecule has 0 atom stereocenters. The molecular weight excluding hydrogens is 240 g/mol. The van der Waals surface area contributed by atoms with Crippen LogP contribution in [0.1, 0.15) is 26.2 Å². The van der Waals surface area contributed by atoms with E-state index in [9.17, 15) is 0 Å². The Hall–Kier alpha value is -0.800. The molecular formula is C12H13ClN2S. The number of nitrogens with zero attached hydrogens (tertiary/aromatic N) is 1. The minimum absolute atomic E-state index is 0.250. The topological polar surface area (TPSA) is 24.9 Å². The first-order valence-electron chi connectivity index (χ1n) is 5.50. The molecule has 1 N–H and O–H groups in total. The van der Waals surface area contributed by atoms with E-state index in [4.69, 9.17) is 11.6 Å². The molecule has 16 heavy (non-hydrogen) atoms. The van der Waals surface area contributed by atoms with E-state index in [1.54, 1.807) is 11.3 Å². The van der Waals surface area contributed by atoms with Gasteiger partial charge in [0.25, 0.3) is 0 Å². The number of rotatable bonds is 2. The Labute approximate surface area is 104 Å². The Bertz CT molecular complexity index is 531. The van der Waals surface area contributed by atoms with Gasteiger partial charge in [-0.05, 0) is 38.3 Å². The summed E-state index contributed by atoms with van der Waals surface area (Å²) in [5, 5.41) is 5.30. The third kappa shape index (κ3) is 1.68. The third-order valence-corrected chi connectivity index (χ3v) is 4.68. The number of thiazole rings is 1. The van der Waals surface area contributed by atoms with Crippen LogP contribution in [0.4, 0.5) is 5.13 Å². The van der Waals surface area contributed by atoms with Gasteiger partial charge in [-0.15, -0.1) is 0 Å². The van der Waals surface area contributed by atoms with Crippen molar-refractivity contribution in [3.05, 3.63) is 23.2 Å². The maximum absolute atomic E-state index is 6.13. The van der Waals surface area contributed by atoms with Crippen LogP contribution in [0.2, 0.25) is 5.02 Å². The second-order valence-electron chi connectivity index (χ2n) is 4.65. The number of halogens is 1. The highest BCUT2D eigenvalue weighted by Crippen LogP contribution is 2.38. The van der Waals surface area contributed by atoms with Crippen molar-refractivity contribution in [1.29, 1.82) is 0 Å². The highest BCUT2D eigenvalue weighted by Gasteiger charge is 2.32. The van der Waals surface area contributed by atoms with Gasteiger partial charge in [0.2, 0.25) is 0 Å². The van der Waals surface area contributed by atoms with E-state index in [1.807, 2.05) is 18.2 Å². The van der Waals surface area contributed by atoms with Crippen LogP contribution >= 0.6 is 22.9 Å². The molecule has 1 saturated carbocycles. The van der Waals surface area contributed by atoms with Crippen molar-refractivity contribution in [1.82, 2.24) is 4.98 Å². The summed E-state index contributed by atoms with van der Waals surface area (Å²) >= 11 is 7.78. The largest absolute Gasteiger partial charge is 0.356 e. The van der Waals surface area contributed by atoms with Gasteiger partial charge < -0.3 is 5.32 Å². The minimum atomic E-state index is 0.250. The predicted octanol–water partition coefficient (Wildman–Crippen LogP) is 4.30. The Morgan fingerprint density at radius 2 is 2.25 bits per heavy atom. The van der Waals surface area contributed by atoms with E-state index in [2.05, 4.69) is 17.2 Å². The van der Waals surface area contributed by atoms with E-state index in [0.717, 1.165) is 20.4 Å². The normalized spacial score (nSPS) is 18.4. The molecule has 0 radical (unpaired) electrons. The van der Waals surface area contributed by atoms with Gasteiger partial charge in [-0.1, -0.05) is 29.0 Å². The molecule has 1 aromatic carbocycles. The summed E-state index contributed by atoms with van der Waals surface area (Å²) in [5.74, 6) is 0. The van der Waals surface area contributed by atoms with Gasteiger partial charge in [-0.3, -0.25) is 0 Å². The van der Waals surface area contributed by atoms with Crippen LogP contribution in [-0.2, 0) is 0 Å². The number of aromatic nitrogens is 1. The maximum atomic E-state index is 6.13. The maximum Gasteiger partial charge on any atom is 0.184 e. The molecule has 0 saturated heterocycles. The molecule has 84 valence electrons. The molecule has 0 bridgehead atoms. The van der Waals surface area contributed by atoms with Gasteiger partial charge >= 0.3 is 0 Å². The van der Waals surface area contributed by atoms with Gasteiger partial charge in [0.1, 0.15) is 0 Å². The highest BCUT2D eigenvalue weighted by molar-refractivity contribution is 7.22. The van der Waals surface area contributed by atoms with E-state index in [0.29, 0.717) is 0 Å². The van der Waals surface area contributed by atoms with Crippen molar-refractivity contribution in [2.24, 2.45) is 0 Å². The molecule has 0 spiro atoms. The molecule has 2 nitrogen and oxygen atoms in total.